The molecule has 0 aliphatic carbocycles. The standard InChI is InChI=1S/C24H19N3O3S2/c1-16-5-4-6-18(13-16)23(29)30-19-11-9-17(10-12-19)14-25-27-22(28)15-31-24-26-20-7-2-3-8-21(20)32-24/h2-14H,15H2,1H3,(H,27,28). The van der Waals surface area contributed by atoms with Gasteiger partial charge in [-0.25, -0.2) is 15.2 Å². The van der Waals surface area contributed by atoms with Gasteiger partial charge in [-0.2, -0.15) is 5.10 Å². The molecule has 0 atom stereocenters. The number of hydrogen-bond donors (Lipinski definition) is 1. The zero-order chi connectivity index (χ0) is 22.3. The molecule has 0 spiro atoms. The number of fused-ring (bicyclic) bond motifs is 1. The second kappa shape index (κ2) is 10.2. The topological polar surface area (TPSA) is 80.6 Å². The number of amides is 1. The number of aromatic nitrogens is 1. The summed E-state index contributed by atoms with van der Waals surface area (Å²) in [5.41, 5.74) is 5.70. The van der Waals surface area contributed by atoms with Crippen LogP contribution in [-0.4, -0.2) is 28.8 Å². The lowest BCUT2D eigenvalue weighted by Gasteiger charge is -2.05. The number of hydrogen-bond acceptors (Lipinski definition) is 7. The smallest absolute Gasteiger partial charge is 0.343 e. The highest BCUT2D eigenvalue weighted by molar-refractivity contribution is 8.01. The number of rotatable bonds is 7. The van der Waals surface area contributed by atoms with Gasteiger partial charge in [-0.1, -0.05) is 41.6 Å². The monoisotopic (exact) mass is 461 g/mol. The molecule has 0 aliphatic rings. The van der Waals surface area contributed by atoms with Crippen molar-refractivity contribution in [3.05, 3.63) is 89.5 Å². The minimum Gasteiger partial charge on any atom is -0.423 e. The molecule has 4 rings (SSSR count). The summed E-state index contributed by atoms with van der Waals surface area (Å²) in [7, 11) is 0. The fourth-order valence-electron chi connectivity index (χ4n) is 2.81. The third-order valence-electron chi connectivity index (χ3n) is 4.35. The van der Waals surface area contributed by atoms with Gasteiger partial charge in [-0.05, 0) is 61.0 Å². The van der Waals surface area contributed by atoms with Crippen molar-refractivity contribution >= 4 is 51.4 Å². The molecule has 0 fully saturated rings. The molecule has 0 saturated heterocycles. The van der Waals surface area contributed by atoms with E-state index < -0.39 is 5.97 Å². The van der Waals surface area contributed by atoms with Crippen LogP contribution in [0, 0.1) is 6.92 Å². The van der Waals surface area contributed by atoms with E-state index in [-0.39, 0.29) is 11.7 Å². The van der Waals surface area contributed by atoms with Gasteiger partial charge in [0.2, 0.25) is 0 Å². The Labute approximate surface area is 193 Å². The molecule has 8 heteroatoms. The third kappa shape index (κ3) is 5.81. The first kappa shape index (κ1) is 21.7. The lowest BCUT2D eigenvalue weighted by atomic mass is 10.1. The highest BCUT2D eigenvalue weighted by Crippen LogP contribution is 2.29. The van der Waals surface area contributed by atoms with Gasteiger partial charge in [0.25, 0.3) is 5.91 Å². The van der Waals surface area contributed by atoms with Crippen molar-refractivity contribution in [3.8, 4) is 5.75 Å². The van der Waals surface area contributed by atoms with Gasteiger partial charge in [0.1, 0.15) is 5.75 Å². The molecule has 0 saturated carbocycles. The van der Waals surface area contributed by atoms with Crippen LogP contribution in [0.25, 0.3) is 10.2 Å². The predicted molar refractivity (Wildman–Crippen MR) is 129 cm³/mol. The second-order valence-electron chi connectivity index (χ2n) is 6.86. The Hall–Kier alpha value is -3.49. The lowest BCUT2D eigenvalue weighted by Crippen LogP contribution is -2.19. The molecule has 0 radical (unpaired) electrons. The van der Waals surface area contributed by atoms with Crippen LogP contribution in [0.2, 0.25) is 0 Å². The maximum atomic E-state index is 12.2. The summed E-state index contributed by atoms with van der Waals surface area (Å²) in [6.45, 7) is 1.92. The lowest BCUT2D eigenvalue weighted by molar-refractivity contribution is -0.118. The van der Waals surface area contributed by atoms with Gasteiger partial charge >= 0.3 is 5.97 Å². The number of thioether (sulfide) groups is 1. The van der Waals surface area contributed by atoms with Gasteiger partial charge in [0.05, 0.1) is 27.7 Å². The van der Waals surface area contributed by atoms with Crippen molar-refractivity contribution in [1.29, 1.82) is 0 Å². The van der Waals surface area contributed by atoms with Gasteiger partial charge in [-0.3, -0.25) is 4.79 Å². The van der Waals surface area contributed by atoms with Crippen LogP contribution in [0.5, 0.6) is 5.75 Å². The number of thiazole rings is 1. The van der Waals surface area contributed by atoms with Crippen LogP contribution >= 0.6 is 23.1 Å². The van der Waals surface area contributed by atoms with Crippen molar-refractivity contribution in [2.45, 2.75) is 11.3 Å². The Morgan fingerprint density at radius 2 is 1.91 bits per heavy atom. The first-order valence-electron chi connectivity index (χ1n) is 9.76. The zero-order valence-corrected chi connectivity index (χ0v) is 18.8. The van der Waals surface area contributed by atoms with Gasteiger partial charge in [-0.15, -0.1) is 11.3 Å². The molecule has 1 heterocycles. The van der Waals surface area contributed by atoms with Crippen molar-refractivity contribution < 1.29 is 14.3 Å². The van der Waals surface area contributed by atoms with Crippen LogP contribution in [0.15, 0.2) is 82.2 Å². The maximum absolute atomic E-state index is 12.2. The maximum Gasteiger partial charge on any atom is 0.343 e. The molecule has 3 aromatic carbocycles. The van der Waals surface area contributed by atoms with Crippen LogP contribution in [0.3, 0.4) is 0 Å². The fourth-order valence-corrected chi connectivity index (χ4v) is 4.67. The molecule has 0 aliphatic heterocycles. The number of esters is 1. The molecule has 1 amide bonds. The van der Waals surface area contributed by atoms with Crippen molar-refractivity contribution in [2.24, 2.45) is 5.10 Å². The molecule has 160 valence electrons. The van der Waals surface area contributed by atoms with Crippen LogP contribution in [-0.2, 0) is 4.79 Å². The number of carbonyl (C=O) groups is 2. The van der Waals surface area contributed by atoms with E-state index in [0.29, 0.717) is 11.3 Å². The van der Waals surface area contributed by atoms with E-state index in [0.717, 1.165) is 25.7 Å². The Kier molecular flexibility index (Phi) is 6.94. The largest absolute Gasteiger partial charge is 0.423 e. The number of nitrogens with one attached hydrogen (secondary N) is 1. The minimum atomic E-state index is -0.409. The van der Waals surface area contributed by atoms with E-state index in [4.69, 9.17) is 4.74 Å². The predicted octanol–water partition coefficient (Wildman–Crippen LogP) is 5.07. The van der Waals surface area contributed by atoms with E-state index in [1.54, 1.807) is 47.7 Å². The molecular weight excluding hydrogens is 442 g/mol. The Morgan fingerprint density at radius 1 is 1.09 bits per heavy atom. The van der Waals surface area contributed by atoms with Crippen LogP contribution < -0.4 is 10.2 Å². The number of carbonyl (C=O) groups excluding carboxylic acids is 2. The second-order valence-corrected chi connectivity index (χ2v) is 9.11. The van der Waals surface area contributed by atoms with Crippen molar-refractivity contribution in [2.75, 3.05) is 5.75 Å². The van der Waals surface area contributed by atoms with E-state index in [1.165, 1.54) is 18.0 Å². The quantitative estimate of drug-likeness (QED) is 0.137. The molecule has 0 unspecified atom stereocenters. The number of hydrazone groups is 1. The van der Waals surface area contributed by atoms with E-state index in [2.05, 4.69) is 15.5 Å². The Balaban J connectivity index is 1.25. The van der Waals surface area contributed by atoms with Crippen molar-refractivity contribution in [1.82, 2.24) is 10.4 Å². The van der Waals surface area contributed by atoms with Gasteiger partial charge in [0.15, 0.2) is 4.34 Å². The SMILES string of the molecule is Cc1cccc(C(=O)Oc2ccc(C=NNC(=O)CSc3nc4ccccc4s3)cc2)c1. The summed E-state index contributed by atoms with van der Waals surface area (Å²) in [5, 5.41) is 3.98. The number of nitrogens with zero attached hydrogens (tertiary/aromatic N) is 2. The summed E-state index contributed by atoms with van der Waals surface area (Å²) in [5.74, 6) is 0.0394. The van der Waals surface area contributed by atoms with Crippen LogP contribution in [0.4, 0.5) is 0 Å². The minimum absolute atomic E-state index is 0.214. The first-order valence-corrected chi connectivity index (χ1v) is 11.6. The average Bonchev–Trinajstić information content (AvgIpc) is 3.22. The molecule has 32 heavy (non-hydrogen) atoms. The molecule has 6 nitrogen and oxygen atoms in total. The van der Waals surface area contributed by atoms with E-state index in [1.807, 2.05) is 43.3 Å². The first-order chi connectivity index (χ1) is 15.6. The van der Waals surface area contributed by atoms with Gasteiger partial charge < -0.3 is 4.74 Å². The number of aryl methyl sites for hydroxylation is 1. The highest BCUT2D eigenvalue weighted by Gasteiger charge is 2.09. The molecule has 1 N–H and O–H groups in total. The van der Waals surface area contributed by atoms with Crippen LogP contribution in [0.1, 0.15) is 21.5 Å². The summed E-state index contributed by atoms with van der Waals surface area (Å²) < 4.78 is 7.33. The Morgan fingerprint density at radius 3 is 2.69 bits per heavy atom. The summed E-state index contributed by atoms with van der Waals surface area (Å²) in [6.07, 6.45) is 1.53. The molecular formula is C24H19N3O3S2. The molecule has 4 aromatic rings. The van der Waals surface area contributed by atoms with Gasteiger partial charge in [0, 0.05) is 0 Å². The van der Waals surface area contributed by atoms with E-state index >= 15 is 0 Å². The average molecular weight is 462 g/mol. The summed E-state index contributed by atoms with van der Waals surface area (Å²) in [6, 6.07) is 22.0. The fraction of sp³-hybridized carbons (Fsp3) is 0.0833. The summed E-state index contributed by atoms with van der Waals surface area (Å²) >= 11 is 2.94. The Bertz CT molecular complexity index is 1250. The molecule has 1 aromatic heterocycles. The normalized spacial score (nSPS) is 11.0. The van der Waals surface area contributed by atoms with E-state index in [9.17, 15) is 9.59 Å². The molecule has 0 bridgehead atoms. The highest BCUT2D eigenvalue weighted by atomic mass is 32.2. The number of ether oxygens (including phenoxy) is 1. The number of benzene rings is 3. The summed E-state index contributed by atoms with van der Waals surface area (Å²) in [4.78, 5) is 28.7. The van der Waals surface area contributed by atoms with Crippen molar-refractivity contribution in [3.63, 3.8) is 0 Å². The number of para-hydroxylation sites is 1. The third-order valence-corrected chi connectivity index (χ3v) is 6.53. The zero-order valence-electron chi connectivity index (χ0n) is 17.1.